The van der Waals surface area contributed by atoms with Crippen LogP contribution in [-0.4, -0.2) is 36.7 Å². The third kappa shape index (κ3) is 4.23. The molecule has 1 aliphatic rings. The van der Waals surface area contributed by atoms with E-state index in [9.17, 15) is 4.79 Å². The van der Waals surface area contributed by atoms with Crippen molar-refractivity contribution in [3.05, 3.63) is 35.4 Å². The maximum atomic E-state index is 12.2. The summed E-state index contributed by atoms with van der Waals surface area (Å²) in [5.74, 6) is 0.416. The van der Waals surface area contributed by atoms with E-state index in [-0.39, 0.29) is 12.1 Å². The fraction of sp³-hybridized carbons (Fsp3) is 0.611. The fourth-order valence-corrected chi connectivity index (χ4v) is 3.09. The van der Waals surface area contributed by atoms with Crippen molar-refractivity contribution in [1.82, 2.24) is 10.2 Å². The molecule has 0 saturated carbocycles. The van der Waals surface area contributed by atoms with Crippen LogP contribution in [0.15, 0.2) is 24.3 Å². The van der Waals surface area contributed by atoms with Crippen LogP contribution in [0.2, 0.25) is 0 Å². The molecule has 4 nitrogen and oxygen atoms in total. The second-order valence-electron chi connectivity index (χ2n) is 7.16. The monoisotopic (exact) mass is 304 g/mol. The van der Waals surface area contributed by atoms with E-state index in [2.05, 4.69) is 36.5 Å². The minimum Gasteiger partial charge on any atom is -0.444 e. The van der Waals surface area contributed by atoms with Gasteiger partial charge in [0.05, 0.1) is 0 Å². The third-order valence-electron chi connectivity index (χ3n) is 4.06. The molecule has 1 saturated heterocycles. The quantitative estimate of drug-likeness (QED) is 0.929. The number of rotatable bonds is 3. The van der Waals surface area contributed by atoms with Crippen molar-refractivity contribution in [2.45, 2.75) is 45.8 Å². The van der Waals surface area contributed by atoms with Gasteiger partial charge in [-0.15, -0.1) is 0 Å². The molecule has 0 aliphatic carbocycles. The zero-order chi connectivity index (χ0) is 16.3. The van der Waals surface area contributed by atoms with Gasteiger partial charge in [0.2, 0.25) is 0 Å². The average Bonchev–Trinajstić information content (AvgIpc) is 2.87. The molecule has 0 radical (unpaired) electrons. The summed E-state index contributed by atoms with van der Waals surface area (Å²) in [7, 11) is 1.99. The number of carbonyl (C=O) groups excluding carboxylic acids is 1. The van der Waals surface area contributed by atoms with Crippen molar-refractivity contribution in [3.8, 4) is 0 Å². The molecule has 1 aromatic rings. The van der Waals surface area contributed by atoms with E-state index in [0.29, 0.717) is 5.92 Å². The van der Waals surface area contributed by atoms with Crippen molar-refractivity contribution >= 4 is 6.09 Å². The Kier molecular flexibility index (Phi) is 5.12. The van der Waals surface area contributed by atoms with E-state index in [0.717, 1.165) is 19.5 Å². The van der Waals surface area contributed by atoms with E-state index in [1.54, 1.807) is 0 Å². The number of likely N-dealkylation sites (tertiary alicyclic amines) is 1. The number of nitrogens with one attached hydrogen (secondary N) is 1. The van der Waals surface area contributed by atoms with Crippen LogP contribution in [0, 0.1) is 12.8 Å². The lowest BCUT2D eigenvalue weighted by Crippen LogP contribution is -2.36. The SMILES string of the molecule is CNC(c1cccc(C)c1)C1CCN(C(=O)OC(C)(C)C)C1. The first-order chi connectivity index (χ1) is 10.3. The van der Waals surface area contributed by atoms with Crippen LogP contribution in [0.25, 0.3) is 0 Å². The molecule has 4 heteroatoms. The Labute approximate surface area is 133 Å². The molecule has 1 N–H and O–H groups in total. The second kappa shape index (κ2) is 6.69. The Balaban J connectivity index is 2.03. The van der Waals surface area contributed by atoms with Crippen LogP contribution >= 0.6 is 0 Å². The highest BCUT2D eigenvalue weighted by molar-refractivity contribution is 5.68. The molecule has 2 atom stereocenters. The number of hydrogen-bond acceptors (Lipinski definition) is 3. The maximum Gasteiger partial charge on any atom is 0.410 e. The molecule has 0 bridgehead atoms. The first-order valence-corrected chi connectivity index (χ1v) is 8.02. The van der Waals surface area contributed by atoms with Gasteiger partial charge in [-0.05, 0) is 52.6 Å². The zero-order valence-corrected chi connectivity index (χ0v) is 14.3. The minimum absolute atomic E-state index is 0.200. The average molecular weight is 304 g/mol. The standard InChI is InChI=1S/C18H28N2O2/c1-13-7-6-8-14(11-13)16(19-5)15-9-10-20(12-15)17(21)22-18(2,3)4/h6-8,11,15-16,19H,9-10,12H2,1-5H3. The number of ether oxygens (including phenoxy) is 1. The third-order valence-corrected chi connectivity index (χ3v) is 4.06. The predicted molar refractivity (Wildman–Crippen MR) is 88.9 cm³/mol. The van der Waals surface area contributed by atoms with Crippen molar-refractivity contribution in [2.75, 3.05) is 20.1 Å². The second-order valence-corrected chi connectivity index (χ2v) is 7.16. The van der Waals surface area contributed by atoms with Gasteiger partial charge in [0, 0.05) is 19.1 Å². The van der Waals surface area contributed by atoms with Crippen molar-refractivity contribution < 1.29 is 9.53 Å². The summed E-state index contributed by atoms with van der Waals surface area (Å²) in [5, 5.41) is 3.42. The molecule has 0 aromatic heterocycles. The van der Waals surface area contributed by atoms with Crippen LogP contribution in [0.3, 0.4) is 0 Å². The van der Waals surface area contributed by atoms with E-state index in [4.69, 9.17) is 4.74 Å². The minimum atomic E-state index is -0.436. The summed E-state index contributed by atoms with van der Waals surface area (Å²) in [6, 6.07) is 8.85. The molecular formula is C18H28N2O2. The summed E-state index contributed by atoms with van der Waals surface area (Å²) < 4.78 is 5.47. The summed E-state index contributed by atoms with van der Waals surface area (Å²) in [5.41, 5.74) is 2.12. The Morgan fingerprint density at radius 2 is 2.14 bits per heavy atom. The van der Waals surface area contributed by atoms with Gasteiger partial charge in [-0.1, -0.05) is 29.8 Å². The van der Waals surface area contributed by atoms with Gasteiger partial charge >= 0.3 is 6.09 Å². The molecule has 2 unspecified atom stereocenters. The number of nitrogens with zero attached hydrogens (tertiary/aromatic N) is 1. The summed E-state index contributed by atoms with van der Waals surface area (Å²) in [6.45, 7) is 9.33. The Bertz CT molecular complexity index is 522. The highest BCUT2D eigenvalue weighted by Crippen LogP contribution is 2.31. The van der Waals surface area contributed by atoms with E-state index >= 15 is 0 Å². The van der Waals surface area contributed by atoms with Gasteiger partial charge in [0.15, 0.2) is 0 Å². The van der Waals surface area contributed by atoms with Crippen molar-refractivity contribution in [1.29, 1.82) is 0 Å². The van der Waals surface area contributed by atoms with Crippen LogP contribution in [0.5, 0.6) is 0 Å². The highest BCUT2D eigenvalue weighted by Gasteiger charge is 2.34. The van der Waals surface area contributed by atoms with Crippen LogP contribution < -0.4 is 5.32 Å². The molecule has 1 amide bonds. The van der Waals surface area contributed by atoms with E-state index in [1.165, 1.54) is 11.1 Å². The summed E-state index contributed by atoms with van der Waals surface area (Å²) in [6.07, 6.45) is 0.799. The Morgan fingerprint density at radius 1 is 1.41 bits per heavy atom. The Morgan fingerprint density at radius 3 is 2.73 bits per heavy atom. The molecule has 0 spiro atoms. The first kappa shape index (κ1) is 16.8. The van der Waals surface area contributed by atoms with Crippen LogP contribution in [0.1, 0.15) is 44.4 Å². The normalized spacial score (nSPS) is 20.0. The zero-order valence-electron chi connectivity index (χ0n) is 14.3. The van der Waals surface area contributed by atoms with Crippen molar-refractivity contribution in [2.24, 2.45) is 5.92 Å². The maximum absolute atomic E-state index is 12.2. The molecule has 1 fully saturated rings. The molecule has 122 valence electrons. The van der Waals surface area contributed by atoms with Gasteiger partial charge in [-0.2, -0.15) is 0 Å². The molecule has 1 aromatic carbocycles. The van der Waals surface area contributed by atoms with Crippen LogP contribution in [-0.2, 0) is 4.74 Å². The molecule has 1 aliphatic heterocycles. The number of aryl methyl sites for hydroxylation is 1. The predicted octanol–water partition coefficient (Wildman–Crippen LogP) is 3.51. The smallest absolute Gasteiger partial charge is 0.410 e. The largest absolute Gasteiger partial charge is 0.444 e. The van der Waals surface area contributed by atoms with E-state index in [1.807, 2.05) is 32.7 Å². The summed E-state index contributed by atoms with van der Waals surface area (Å²) >= 11 is 0. The van der Waals surface area contributed by atoms with Crippen molar-refractivity contribution in [3.63, 3.8) is 0 Å². The lowest BCUT2D eigenvalue weighted by molar-refractivity contribution is 0.0285. The highest BCUT2D eigenvalue weighted by atomic mass is 16.6. The van der Waals surface area contributed by atoms with Gasteiger partial charge in [-0.3, -0.25) is 0 Å². The van der Waals surface area contributed by atoms with Gasteiger partial charge < -0.3 is 15.0 Å². The molecule has 1 heterocycles. The lowest BCUT2D eigenvalue weighted by atomic mass is 9.91. The molecule has 2 rings (SSSR count). The number of carbonyl (C=O) groups is 1. The first-order valence-electron chi connectivity index (χ1n) is 8.02. The van der Waals surface area contributed by atoms with E-state index < -0.39 is 5.60 Å². The lowest BCUT2D eigenvalue weighted by Gasteiger charge is -2.26. The fourth-order valence-electron chi connectivity index (χ4n) is 3.09. The summed E-state index contributed by atoms with van der Waals surface area (Å²) in [4.78, 5) is 14.0. The number of hydrogen-bond donors (Lipinski definition) is 1. The number of benzene rings is 1. The van der Waals surface area contributed by atoms with Gasteiger partial charge in [0.25, 0.3) is 0 Å². The molecular weight excluding hydrogens is 276 g/mol. The van der Waals surface area contributed by atoms with Gasteiger partial charge in [0.1, 0.15) is 5.60 Å². The number of amides is 1. The Hall–Kier alpha value is -1.55. The topological polar surface area (TPSA) is 41.6 Å². The van der Waals surface area contributed by atoms with Gasteiger partial charge in [-0.25, -0.2) is 4.79 Å². The molecule has 22 heavy (non-hydrogen) atoms. The van der Waals surface area contributed by atoms with Crippen LogP contribution in [0.4, 0.5) is 4.79 Å².